The van der Waals surface area contributed by atoms with Crippen LogP contribution in [0, 0.1) is 0 Å². The number of carbonyl (C=O) groups is 1. The van der Waals surface area contributed by atoms with E-state index in [0.717, 1.165) is 5.56 Å². The maximum Gasteiger partial charge on any atom is 0.221 e. The van der Waals surface area contributed by atoms with Gasteiger partial charge in [-0.2, -0.15) is 0 Å². The van der Waals surface area contributed by atoms with Crippen molar-refractivity contribution < 1.29 is 4.79 Å². The molecule has 1 aromatic heterocycles. The summed E-state index contributed by atoms with van der Waals surface area (Å²) in [6, 6.07) is 9.52. The van der Waals surface area contributed by atoms with Gasteiger partial charge in [-0.1, -0.05) is 35.5 Å². The molecule has 1 heterocycles. The smallest absolute Gasteiger partial charge is 0.221 e. The third-order valence-electron chi connectivity index (χ3n) is 2.79. The van der Waals surface area contributed by atoms with Gasteiger partial charge in [-0.25, -0.2) is 0 Å². The van der Waals surface area contributed by atoms with Gasteiger partial charge in [0.15, 0.2) is 0 Å². The number of nitrogens with one attached hydrogen (secondary N) is 1. The molecule has 0 fully saturated rings. The van der Waals surface area contributed by atoms with Crippen molar-refractivity contribution in [3.05, 3.63) is 48.3 Å². The van der Waals surface area contributed by atoms with Crippen molar-refractivity contribution in [2.45, 2.75) is 19.0 Å². The Bertz CT molecular complexity index is 497. The number of nitrogens with zero attached hydrogens (tertiary/aromatic N) is 3. The molecule has 6 heteroatoms. The van der Waals surface area contributed by atoms with E-state index in [1.165, 1.54) is 0 Å². The monoisotopic (exact) mass is 259 g/mol. The van der Waals surface area contributed by atoms with Crippen molar-refractivity contribution in [1.82, 2.24) is 20.3 Å². The predicted octanol–water partition coefficient (Wildman–Crippen LogP) is 0.484. The van der Waals surface area contributed by atoms with E-state index < -0.39 is 0 Å². The number of benzene rings is 1. The number of rotatable bonds is 6. The van der Waals surface area contributed by atoms with Crippen LogP contribution in [0.25, 0.3) is 0 Å². The number of amides is 1. The summed E-state index contributed by atoms with van der Waals surface area (Å²) in [5, 5.41) is 10.3. The number of nitrogens with two attached hydrogens (primary N) is 1. The Labute approximate surface area is 111 Å². The van der Waals surface area contributed by atoms with Gasteiger partial charge in [0.1, 0.15) is 0 Å². The fourth-order valence-corrected chi connectivity index (χ4v) is 1.70. The van der Waals surface area contributed by atoms with Gasteiger partial charge in [-0.15, -0.1) is 5.10 Å². The van der Waals surface area contributed by atoms with Crippen molar-refractivity contribution in [1.29, 1.82) is 0 Å². The van der Waals surface area contributed by atoms with E-state index in [-0.39, 0.29) is 11.9 Å². The lowest BCUT2D eigenvalue weighted by Gasteiger charge is -2.13. The summed E-state index contributed by atoms with van der Waals surface area (Å²) in [5.74, 6) is -0.0399. The first-order valence-electron chi connectivity index (χ1n) is 6.17. The fraction of sp³-hybridized carbons (Fsp3) is 0.308. The molecule has 1 atom stereocenters. The largest absolute Gasteiger partial charge is 0.354 e. The zero-order valence-corrected chi connectivity index (χ0v) is 10.6. The van der Waals surface area contributed by atoms with Gasteiger partial charge < -0.3 is 11.1 Å². The van der Waals surface area contributed by atoms with Crippen LogP contribution in [0.3, 0.4) is 0 Å². The van der Waals surface area contributed by atoms with Crippen LogP contribution in [0.1, 0.15) is 18.0 Å². The van der Waals surface area contributed by atoms with E-state index in [4.69, 9.17) is 5.73 Å². The summed E-state index contributed by atoms with van der Waals surface area (Å²) >= 11 is 0. The molecule has 0 aliphatic carbocycles. The van der Waals surface area contributed by atoms with E-state index in [1.807, 2.05) is 30.3 Å². The van der Waals surface area contributed by atoms with Gasteiger partial charge in [-0.3, -0.25) is 9.48 Å². The standard InChI is InChI=1S/C13H17N5O/c14-12(11-4-2-1-3-5-11)10-15-13(19)6-8-18-9-7-16-17-18/h1-5,7,9,12H,6,8,10,14H2,(H,15,19). The number of aromatic nitrogens is 3. The van der Waals surface area contributed by atoms with Gasteiger partial charge in [0, 0.05) is 25.2 Å². The molecule has 2 aromatic rings. The molecule has 0 saturated carbocycles. The molecular formula is C13H17N5O. The third-order valence-corrected chi connectivity index (χ3v) is 2.79. The molecule has 0 aliphatic heterocycles. The highest BCUT2D eigenvalue weighted by Gasteiger charge is 2.07. The minimum absolute atomic E-state index is 0.0399. The number of carbonyl (C=O) groups excluding carboxylic acids is 1. The lowest BCUT2D eigenvalue weighted by molar-refractivity contribution is -0.121. The Kier molecular flexibility index (Phi) is 4.63. The van der Waals surface area contributed by atoms with Crippen LogP contribution in [0.4, 0.5) is 0 Å². The van der Waals surface area contributed by atoms with Crippen LogP contribution in [0.15, 0.2) is 42.7 Å². The molecule has 3 N–H and O–H groups in total. The van der Waals surface area contributed by atoms with E-state index in [9.17, 15) is 4.79 Å². The molecular weight excluding hydrogens is 242 g/mol. The summed E-state index contributed by atoms with van der Waals surface area (Å²) in [7, 11) is 0. The fourth-order valence-electron chi connectivity index (χ4n) is 1.70. The second-order valence-electron chi connectivity index (χ2n) is 4.24. The predicted molar refractivity (Wildman–Crippen MR) is 71.0 cm³/mol. The topological polar surface area (TPSA) is 85.8 Å². The Morgan fingerprint density at radius 1 is 1.37 bits per heavy atom. The van der Waals surface area contributed by atoms with Gasteiger partial charge in [0.25, 0.3) is 0 Å². The number of hydrogen-bond acceptors (Lipinski definition) is 4. The minimum Gasteiger partial charge on any atom is -0.354 e. The molecule has 0 bridgehead atoms. The van der Waals surface area contributed by atoms with Gasteiger partial charge in [0.05, 0.1) is 12.7 Å². The molecule has 100 valence electrons. The van der Waals surface area contributed by atoms with Gasteiger partial charge in [-0.05, 0) is 5.56 Å². The molecule has 0 saturated heterocycles. The zero-order chi connectivity index (χ0) is 13.5. The van der Waals surface area contributed by atoms with Crippen molar-refractivity contribution in [2.24, 2.45) is 5.73 Å². The van der Waals surface area contributed by atoms with Crippen molar-refractivity contribution >= 4 is 5.91 Å². The summed E-state index contributed by atoms with van der Waals surface area (Å²) in [6.45, 7) is 0.951. The highest BCUT2D eigenvalue weighted by molar-refractivity contribution is 5.75. The Hall–Kier alpha value is -2.21. The van der Waals surface area contributed by atoms with E-state index in [0.29, 0.717) is 19.5 Å². The second-order valence-corrected chi connectivity index (χ2v) is 4.24. The van der Waals surface area contributed by atoms with Crippen molar-refractivity contribution in [3.63, 3.8) is 0 Å². The summed E-state index contributed by atoms with van der Waals surface area (Å²) in [6.07, 6.45) is 3.68. The van der Waals surface area contributed by atoms with Crippen LogP contribution in [-0.4, -0.2) is 27.4 Å². The lowest BCUT2D eigenvalue weighted by atomic mass is 10.1. The highest BCUT2D eigenvalue weighted by atomic mass is 16.1. The summed E-state index contributed by atoms with van der Waals surface area (Å²) < 4.78 is 1.62. The minimum atomic E-state index is -0.184. The van der Waals surface area contributed by atoms with Crippen LogP contribution in [0.2, 0.25) is 0 Å². The SMILES string of the molecule is NC(CNC(=O)CCn1ccnn1)c1ccccc1. The summed E-state index contributed by atoms with van der Waals surface area (Å²) in [5.41, 5.74) is 7.00. The molecule has 1 unspecified atom stereocenters. The molecule has 19 heavy (non-hydrogen) atoms. The van der Waals surface area contributed by atoms with Crippen LogP contribution >= 0.6 is 0 Å². The van der Waals surface area contributed by atoms with E-state index in [2.05, 4.69) is 15.6 Å². The Morgan fingerprint density at radius 2 is 2.16 bits per heavy atom. The Balaban J connectivity index is 1.71. The molecule has 0 aliphatic rings. The van der Waals surface area contributed by atoms with Gasteiger partial charge >= 0.3 is 0 Å². The van der Waals surface area contributed by atoms with Crippen LogP contribution in [0.5, 0.6) is 0 Å². The van der Waals surface area contributed by atoms with E-state index in [1.54, 1.807) is 17.1 Å². The number of aryl methyl sites for hydroxylation is 1. The van der Waals surface area contributed by atoms with Crippen molar-refractivity contribution in [3.8, 4) is 0 Å². The quantitative estimate of drug-likeness (QED) is 0.790. The average molecular weight is 259 g/mol. The molecule has 1 aromatic carbocycles. The van der Waals surface area contributed by atoms with Crippen LogP contribution < -0.4 is 11.1 Å². The molecule has 2 rings (SSSR count). The summed E-state index contributed by atoms with van der Waals surface area (Å²) in [4.78, 5) is 11.6. The lowest BCUT2D eigenvalue weighted by Crippen LogP contribution is -2.32. The molecule has 0 radical (unpaired) electrons. The maximum atomic E-state index is 11.6. The molecule has 6 nitrogen and oxygen atoms in total. The first kappa shape index (κ1) is 13.2. The maximum absolute atomic E-state index is 11.6. The van der Waals surface area contributed by atoms with E-state index >= 15 is 0 Å². The number of hydrogen-bond donors (Lipinski definition) is 2. The van der Waals surface area contributed by atoms with Crippen LogP contribution in [-0.2, 0) is 11.3 Å². The normalized spacial score (nSPS) is 12.1. The first-order valence-corrected chi connectivity index (χ1v) is 6.17. The van der Waals surface area contributed by atoms with Gasteiger partial charge in [0.2, 0.25) is 5.91 Å². The average Bonchev–Trinajstić information content (AvgIpc) is 2.96. The highest BCUT2D eigenvalue weighted by Crippen LogP contribution is 2.07. The van der Waals surface area contributed by atoms with Crippen molar-refractivity contribution in [2.75, 3.05) is 6.54 Å². The molecule has 1 amide bonds. The zero-order valence-electron chi connectivity index (χ0n) is 10.6. The second kappa shape index (κ2) is 6.65. The first-order chi connectivity index (χ1) is 9.25. The Morgan fingerprint density at radius 3 is 2.84 bits per heavy atom. The third kappa shape index (κ3) is 4.18. The molecule has 0 spiro atoms.